The molecule has 0 aliphatic carbocycles. The van der Waals surface area contributed by atoms with Crippen molar-refractivity contribution in [1.82, 2.24) is 20.8 Å². The Hall–Kier alpha value is -1.66. The van der Waals surface area contributed by atoms with Gasteiger partial charge in [-0.25, -0.2) is 4.98 Å². The third kappa shape index (κ3) is 2.96. The van der Waals surface area contributed by atoms with E-state index in [1.165, 1.54) is 6.20 Å². The van der Waals surface area contributed by atoms with Crippen molar-refractivity contribution in [2.24, 2.45) is 0 Å². The van der Waals surface area contributed by atoms with E-state index < -0.39 is 0 Å². The largest absolute Gasteiger partial charge is 0.351 e. The van der Waals surface area contributed by atoms with Crippen LogP contribution in [0.2, 0.25) is 0 Å². The third-order valence-corrected chi connectivity index (χ3v) is 2.43. The molecule has 0 spiro atoms. The number of carbonyl (C=O) groups excluding carboxylic acids is 1. The molecule has 98 valence electrons. The van der Waals surface area contributed by atoms with E-state index in [-0.39, 0.29) is 18.3 Å². The fourth-order valence-electron chi connectivity index (χ4n) is 1.47. The molecule has 0 atom stereocenters. The molecule has 2 rings (SSSR count). The maximum absolute atomic E-state index is 11.8. The van der Waals surface area contributed by atoms with E-state index in [0.717, 1.165) is 17.6 Å². The number of carbonyl (C=O) groups is 1. The SMILES string of the molecule is CNCCNC(=O)c1cnc2onc(C)c2c1.Cl. The van der Waals surface area contributed by atoms with E-state index in [4.69, 9.17) is 4.52 Å². The molecule has 2 aromatic rings. The van der Waals surface area contributed by atoms with Crippen LogP contribution >= 0.6 is 12.4 Å². The zero-order chi connectivity index (χ0) is 12.3. The summed E-state index contributed by atoms with van der Waals surface area (Å²) in [5.74, 6) is -0.143. The van der Waals surface area contributed by atoms with Crippen LogP contribution < -0.4 is 10.6 Å². The Kier molecular flexibility index (Phi) is 5.06. The van der Waals surface area contributed by atoms with Crippen LogP contribution in [0, 0.1) is 6.92 Å². The van der Waals surface area contributed by atoms with Crippen LogP contribution in [0.1, 0.15) is 16.1 Å². The molecule has 0 bridgehead atoms. The van der Waals surface area contributed by atoms with Gasteiger partial charge in [-0.15, -0.1) is 12.4 Å². The first-order valence-electron chi connectivity index (χ1n) is 5.37. The normalized spacial score (nSPS) is 10.1. The third-order valence-electron chi connectivity index (χ3n) is 2.43. The molecule has 0 radical (unpaired) electrons. The van der Waals surface area contributed by atoms with Crippen molar-refractivity contribution in [3.63, 3.8) is 0 Å². The lowest BCUT2D eigenvalue weighted by molar-refractivity contribution is 0.0954. The molecule has 0 saturated carbocycles. The molecule has 1 amide bonds. The minimum absolute atomic E-state index is 0. The number of aryl methyl sites for hydroxylation is 1. The first-order chi connectivity index (χ1) is 8.22. The number of hydrogen-bond acceptors (Lipinski definition) is 5. The summed E-state index contributed by atoms with van der Waals surface area (Å²) in [7, 11) is 1.83. The summed E-state index contributed by atoms with van der Waals surface area (Å²) in [6, 6.07) is 1.74. The van der Waals surface area contributed by atoms with Gasteiger partial charge in [-0.05, 0) is 20.0 Å². The van der Waals surface area contributed by atoms with Crippen LogP contribution in [0.25, 0.3) is 11.1 Å². The van der Waals surface area contributed by atoms with Gasteiger partial charge in [-0.2, -0.15) is 0 Å². The van der Waals surface area contributed by atoms with Gasteiger partial charge in [0.1, 0.15) is 0 Å². The highest BCUT2D eigenvalue weighted by atomic mass is 35.5. The van der Waals surface area contributed by atoms with E-state index in [9.17, 15) is 4.79 Å². The van der Waals surface area contributed by atoms with Crippen molar-refractivity contribution in [3.05, 3.63) is 23.5 Å². The summed E-state index contributed by atoms with van der Waals surface area (Å²) < 4.78 is 4.98. The standard InChI is InChI=1S/C11H14N4O2.ClH/c1-7-9-5-8(6-14-11(9)17-15-7)10(16)13-4-3-12-2;/h5-6,12H,3-4H2,1-2H3,(H,13,16);1H. The van der Waals surface area contributed by atoms with Crippen LogP contribution in [0.5, 0.6) is 0 Å². The van der Waals surface area contributed by atoms with Gasteiger partial charge in [0.15, 0.2) is 0 Å². The number of fused-ring (bicyclic) bond motifs is 1. The zero-order valence-corrected chi connectivity index (χ0v) is 11.0. The zero-order valence-electron chi connectivity index (χ0n) is 10.2. The maximum Gasteiger partial charge on any atom is 0.257 e. The van der Waals surface area contributed by atoms with Gasteiger partial charge in [-0.1, -0.05) is 5.16 Å². The molecule has 0 aliphatic heterocycles. The van der Waals surface area contributed by atoms with Crippen LogP contribution in [-0.4, -0.2) is 36.2 Å². The van der Waals surface area contributed by atoms with Gasteiger partial charge >= 0.3 is 0 Å². The number of rotatable bonds is 4. The molecule has 6 nitrogen and oxygen atoms in total. The van der Waals surface area contributed by atoms with Crippen molar-refractivity contribution in [3.8, 4) is 0 Å². The van der Waals surface area contributed by atoms with Crippen LogP contribution in [0.4, 0.5) is 0 Å². The van der Waals surface area contributed by atoms with Crippen molar-refractivity contribution in [2.75, 3.05) is 20.1 Å². The Bertz CT molecular complexity index is 541. The van der Waals surface area contributed by atoms with Gasteiger partial charge in [-0.3, -0.25) is 4.79 Å². The highest BCUT2D eigenvalue weighted by Gasteiger charge is 2.10. The number of pyridine rings is 1. The summed E-state index contributed by atoms with van der Waals surface area (Å²) in [5, 5.41) is 10.3. The highest BCUT2D eigenvalue weighted by Crippen LogP contribution is 2.16. The summed E-state index contributed by atoms with van der Waals surface area (Å²) in [6.45, 7) is 3.12. The van der Waals surface area contributed by atoms with Crippen LogP contribution in [0.3, 0.4) is 0 Å². The molecule has 2 N–H and O–H groups in total. The number of nitrogens with zero attached hydrogens (tertiary/aromatic N) is 2. The highest BCUT2D eigenvalue weighted by molar-refractivity contribution is 5.96. The predicted octanol–water partition coefficient (Wildman–Crippen LogP) is 0.902. The lowest BCUT2D eigenvalue weighted by Crippen LogP contribution is -2.30. The number of aromatic nitrogens is 2. The van der Waals surface area contributed by atoms with Gasteiger partial charge in [0, 0.05) is 19.3 Å². The van der Waals surface area contributed by atoms with E-state index in [1.807, 2.05) is 14.0 Å². The van der Waals surface area contributed by atoms with Crippen molar-refractivity contribution >= 4 is 29.4 Å². The van der Waals surface area contributed by atoms with E-state index in [2.05, 4.69) is 20.8 Å². The fourth-order valence-corrected chi connectivity index (χ4v) is 1.47. The second-order valence-corrected chi connectivity index (χ2v) is 3.70. The van der Waals surface area contributed by atoms with Gasteiger partial charge < -0.3 is 15.2 Å². The Labute approximate surface area is 111 Å². The summed E-state index contributed by atoms with van der Waals surface area (Å²) in [4.78, 5) is 15.8. The molecule has 2 aromatic heterocycles. The average Bonchev–Trinajstić information content (AvgIpc) is 2.71. The van der Waals surface area contributed by atoms with E-state index in [1.54, 1.807) is 6.07 Å². The molecule has 0 fully saturated rings. The molecular formula is C11H15ClN4O2. The quantitative estimate of drug-likeness (QED) is 0.807. The summed E-state index contributed by atoms with van der Waals surface area (Å²) in [5.41, 5.74) is 1.70. The van der Waals surface area contributed by atoms with Crippen LogP contribution in [0.15, 0.2) is 16.8 Å². The first kappa shape index (κ1) is 14.4. The second kappa shape index (κ2) is 6.32. The smallest absolute Gasteiger partial charge is 0.257 e. The topological polar surface area (TPSA) is 80.0 Å². The second-order valence-electron chi connectivity index (χ2n) is 3.70. The molecule has 0 aromatic carbocycles. The van der Waals surface area contributed by atoms with Crippen LogP contribution in [-0.2, 0) is 0 Å². The maximum atomic E-state index is 11.8. The van der Waals surface area contributed by atoms with Crippen molar-refractivity contribution < 1.29 is 9.32 Å². The van der Waals surface area contributed by atoms with E-state index >= 15 is 0 Å². The minimum Gasteiger partial charge on any atom is -0.351 e. The molecule has 0 saturated heterocycles. The Morgan fingerprint density at radius 3 is 2.94 bits per heavy atom. The molecule has 0 aliphatic rings. The molecule has 2 heterocycles. The number of nitrogens with one attached hydrogen (secondary N) is 2. The summed E-state index contributed by atoms with van der Waals surface area (Å²) >= 11 is 0. The molecule has 18 heavy (non-hydrogen) atoms. The fraction of sp³-hybridized carbons (Fsp3) is 0.364. The lowest BCUT2D eigenvalue weighted by atomic mass is 10.2. The lowest BCUT2D eigenvalue weighted by Gasteiger charge is -2.03. The first-order valence-corrected chi connectivity index (χ1v) is 5.37. The average molecular weight is 271 g/mol. The van der Waals surface area contributed by atoms with Gasteiger partial charge in [0.25, 0.3) is 11.6 Å². The Morgan fingerprint density at radius 2 is 2.22 bits per heavy atom. The Morgan fingerprint density at radius 1 is 1.44 bits per heavy atom. The van der Waals surface area contributed by atoms with Gasteiger partial charge in [0.05, 0.1) is 16.6 Å². The van der Waals surface area contributed by atoms with Crippen molar-refractivity contribution in [2.45, 2.75) is 6.92 Å². The number of likely N-dealkylation sites (N-methyl/N-ethyl adjacent to an activating group) is 1. The number of hydrogen-bond donors (Lipinski definition) is 2. The van der Waals surface area contributed by atoms with Gasteiger partial charge in [0.2, 0.25) is 0 Å². The number of amides is 1. The monoisotopic (exact) mass is 270 g/mol. The molecule has 7 heteroatoms. The van der Waals surface area contributed by atoms with Crippen molar-refractivity contribution in [1.29, 1.82) is 0 Å². The number of halogens is 1. The van der Waals surface area contributed by atoms with E-state index in [0.29, 0.717) is 17.8 Å². The minimum atomic E-state index is -0.143. The Balaban J connectivity index is 0.00000162. The molecule has 0 unspecified atom stereocenters. The summed E-state index contributed by atoms with van der Waals surface area (Å²) in [6.07, 6.45) is 1.49. The predicted molar refractivity (Wildman–Crippen MR) is 70.0 cm³/mol. The molecular weight excluding hydrogens is 256 g/mol.